The lowest BCUT2D eigenvalue weighted by atomic mass is 9.94. The molecule has 0 aliphatic heterocycles. The quantitative estimate of drug-likeness (QED) is 0.169. The molecule has 0 saturated heterocycles. The summed E-state index contributed by atoms with van der Waals surface area (Å²) in [4.78, 5) is 16.0. The average Bonchev–Trinajstić information content (AvgIpc) is 3.91. The van der Waals surface area contributed by atoms with Crippen LogP contribution in [0.3, 0.4) is 0 Å². The smallest absolute Gasteiger partial charge is 0.160 e. The molecule has 12 rings (SSSR count). The molecule has 0 aliphatic carbocycles. The first-order valence-corrected chi connectivity index (χ1v) is 20.9. The minimum absolute atomic E-state index is 0.671. The number of furan rings is 1. The molecule has 0 fully saturated rings. The van der Waals surface area contributed by atoms with Gasteiger partial charge in [-0.15, -0.1) is 11.3 Å². The number of rotatable bonds is 6. The van der Waals surface area contributed by atoms with E-state index < -0.39 is 0 Å². The van der Waals surface area contributed by atoms with Gasteiger partial charge in [-0.2, -0.15) is 0 Å². The highest BCUT2D eigenvalue weighted by Crippen LogP contribution is 2.45. The monoisotopic (exact) mass is 783 g/mol. The summed E-state index contributed by atoms with van der Waals surface area (Å²) in [5.74, 6) is 0.671. The van der Waals surface area contributed by atoms with E-state index in [1.807, 2.05) is 36.4 Å². The van der Waals surface area contributed by atoms with Gasteiger partial charge in [-0.1, -0.05) is 146 Å². The van der Waals surface area contributed by atoms with Crippen molar-refractivity contribution in [3.05, 3.63) is 200 Å². The number of thiophene rings is 1. The molecule has 280 valence electrons. The molecule has 12 aromatic rings. The zero-order valence-corrected chi connectivity index (χ0v) is 33.0. The normalized spacial score (nSPS) is 11.7. The molecular weight excluding hydrogens is 751 g/mol. The minimum Gasteiger partial charge on any atom is -0.456 e. The van der Waals surface area contributed by atoms with Crippen LogP contribution in [-0.4, -0.2) is 15.0 Å². The highest BCUT2D eigenvalue weighted by atomic mass is 32.1. The van der Waals surface area contributed by atoms with Gasteiger partial charge >= 0.3 is 0 Å². The van der Waals surface area contributed by atoms with Gasteiger partial charge in [0.1, 0.15) is 11.2 Å². The highest BCUT2D eigenvalue weighted by molar-refractivity contribution is 7.26. The second kappa shape index (κ2) is 14.0. The molecule has 0 aliphatic rings. The van der Waals surface area contributed by atoms with E-state index in [0.29, 0.717) is 5.82 Å². The minimum atomic E-state index is 0.671. The Kier molecular flexibility index (Phi) is 8.00. The number of pyridine rings is 1. The molecule has 0 bridgehead atoms. The Morgan fingerprint density at radius 3 is 1.75 bits per heavy atom. The van der Waals surface area contributed by atoms with Crippen molar-refractivity contribution in [2.75, 3.05) is 0 Å². The van der Waals surface area contributed by atoms with Gasteiger partial charge in [0.15, 0.2) is 5.82 Å². The first-order chi connectivity index (χ1) is 29.7. The van der Waals surface area contributed by atoms with E-state index in [2.05, 4.69) is 164 Å². The third kappa shape index (κ3) is 5.86. The van der Waals surface area contributed by atoms with Crippen LogP contribution in [0.2, 0.25) is 0 Å². The fourth-order valence-corrected chi connectivity index (χ4v) is 9.77. The molecule has 4 nitrogen and oxygen atoms in total. The molecule has 0 spiro atoms. The van der Waals surface area contributed by atoms with E-state index in [-0.39, 0.29) is 0 Å². The summed E-state index contributed by atoms with van der Waals surface area (Å²) in [6.45, 7) is 0. The van der Waals surface area contributed by atoms with E-state index in [1.54, 1.807) is 11.3 Å². The van der Waals surface area contributed by atoms with Crippen molar-refractivity contribution in [3.8, 4) is 67.4 Å². The lowest BCUT2D eigenvalue weighted by molar-refractivity contribution is 0.669. The number of para-hydroxylation sites is 2. The molecule has 0 N–H and O–H groups in total. The maximum absolute atomic E-state index is 6.26. The highest BCUT2D eigenvalue weighted by Gasteiger charge is 2.20. The molecule has 4 aromatic heterocycles. The summed E-state index contributed by atoms with van der Waals surface area (Å²) in [5.41, 5.74) is 13.8. The van der Waals surface area contributed by atoms with Gasteiger partial charge in [-0.25, -0.2) is 15.0 Å². The molecule has 4 heterocycles. The van der Waals surface area contributed by atoms with Crippen LogP contribution in [0, 0.1) is 0 Å². The molecule has 0 saturated carbocycles. The van der Waals surface area contributed by atoms with Crippen molar-refractivity contribution in [1.29, 1.82) is 0 Å². The fourth-order valence-electron chi connectivity index (χ4n) is 8.54. The third-order valence-corrected chi connectivity index (χ3v) is 12.7. The molecule has 5 heteroatoms. The Morgan fingerprint density at radius 2 is 0.933 bits per heavy atom. The topological polar surface area (TPSA) is 51.8 Å². The summed E-state index contributed by atoms with van der Waals surface area (Å²) < 4.78 is 8.67. The lowest BCUT2D eigenvalue weighted by Gasteiger charge is -2.14. The van der Waals surface area contributed by atoms with Crippen molar-refractivity contribution < 1.29 is 4.42 Å². The second-order valence-corrected chi connectivity index (χ2v) is 16.2. The molecule has 0 atom stereocenters. The molecular formula is C55H33N3OS. The Morgan fingerprint density at radius 1 is 0.350 bits per heavy atom. The largest absolute Gasteiger partial charge is 0.456 e. The zero-order valence-electron chi connectivity index (χ0n) is 32.2. The summed E-state index contributed by atoms with van der Waals surface area (Å²) in [7, 11) is 0. The summed E-state index contributed by atoms with van der Waals surface area (Å²) >= 11 is 1.80. The maximum Gasteiger partial charge on any atom is 0.160 e. The Labute approximate surface area is 349 Å². The zero-order chi connectivity index (χ0) is 39.6. The van der Waals surface area contributed by atoms with Crippen molar-refractivity contribution in [2.45, 2.75) is 0 Å². The molecule has 8 aromatic carbocycles. The van der Waals surface area contributed by atoms with E-state index in [4.69, 9.17) is 19.4 Å². The Bertz CT molecular complexity index is 3590. The maximum atomic E-state index is 6.26. The van der Waals surface area contributed by atoms with Crippen LogP contribution in [-0.2, 0) is 0 Å². The van der Waals surface area contributed by atoms with Gasteiger partial charge in [-0.05, 0) is 76.9 Å². The number of nitrogens with zero attached hydrogens (tertiary/aromatic N) is 3. The van der Waals surface area contributed by atoms with E-state index >= 15 is 0 Å². The van der Waals surface area contributed by atoms with Crippen molar-refractivity contribution >= 4 is 64.4 Å². The van der Waals surface area contributed by atoms with Crippen LogP contribution in [0.5, 0.6) is 0 Å². The van der Waals surface area contributed by atoms with Crippen molar-refractivity contribution in [1.82, 2.24) is 15.0 Å². The van der Waals surface area contributed by atoms with Crippen LogP contribution < -0.4 is 0 Å². The van der Waals surface area contributed by atoms with Crippen LogP contribution in [0.25, 0.3) is 120 Å². The average molecular weight is 784 g/mol. The van der Waals surface area contributed by atoms with Gasteiger partial charge < -0.3 is 4.42 Å². The van der Waals surface area contributed by atoms with Gasteiger partial charge in [0, 0.05) is 53.9 Å². The second-order valence-electron chi connectivity index (χ2n) is 15.2. The van der Waals surface area contributed by atoms with Gasteiger partial charge in [0.2, 0.25) is 0 Å². The van der Waals surface area contributed by atoms with Crippen LogP contribution in [0.15, 0.2) is 205 Å². The van der Waals surface area contributed by atoms with Gasteiger partial charge in [-0.3, -0.25) is 0 Å². The van der Waals surface area contributed by atoms with Crippen LogP contribution >= 0.6 is 11.3 Å². The Balaban J connectivity index is 1.11. The third-order valence-electron chi connectivity index (χ3n) is 11.5. The number of hydrogen-bond donors (Lipinski definition) is 0. The van der Waals surface area contributed by atoms with E-state index in [0.717, 1.165) is 88.9 Å². The summed E-state index contributed by atoms with van der Waals surface area (Å²) in [5, 5.41) is 5.83. The number of benzene rings is 8. The summed E-state index contributed by atoms with van der Waals surface area (Å²) in [6, 6.07) is 70.2. The molecule has 0 amide bonds. The number of fused-ring (bicyclic) bond motifs is 8. The molecule has 0 unspecified atom stereocenters. The van der Waals surface area contributed by atoms with E-state index in [1.165, 1.54) is 25.7 Å². The molecule has 0 radical (unpaired) electrons. The van der Waals surface area contributed by atoms with Gasteiger partial charge in [0.25, 0.3) is 0 Å². The number of hydrogen-bond acceptors (Lipinski definition) is 5. The Hall–Kier alpha value is -7.73. The van der Waals surface area contributed by atoms with Gasteiger partial charge in [0.05, 0.1) is 27.3 Å². The first kappa shape index (κ1) is 34.3. The lowest BCUT2D eigenvalue weighted by Crippen LogP contribution is -1.97. The predicted octanol–water partition coefficient (Wildman–Crippen LogP) is 15.3. The van der Waals surface area contributed by atoms with Crippen molar-refractivity contribution in [3.63, 3.8) is 0 Å². The fraction of sp³-hybridized carbons (Fsp3) is 0. The van der Waals surface area contributed by atoms with Crippen molar-refractivity contribution in [2.24, 2.45) is 0 Å². The van der Waals surface area contributed by atoms with E-state index in [9.17, 15) is 0 Å². The van der Waals surface area contributed by atoms with Crippen LogP contribution in [0.4, 0.5) is 0 Å². The predicted molar refractivity (Wildman–Crippen MR) is 250 cm³/mol. The standard InChI is InChI=1S/C55H33N3OS/c1-3-13-34(14-4-1)35-23-25-36(26-24-35)47-33-48(58-55(57-47)37-15-5-2-6-16-37)40-29-39(38-27-28-50-45(32-38)42-17-8-11-21-49(42)59-50)30-41(31-40)53-54-52(43-18-7-10-20-46(43)56-53)44-19-9-12-22-51(44)60-54/h1-33H. The molecule has 60 heavy (non-hydrogen) atoms. The first-order valence-electron chi connectivity index (χ1n) is 20.1. The van der Waals surface area contributed by atoms with Crippen LogP contribution in [0.1, 0.15) is 0 Å². The summed E-state index contributed by atoms with van der Waals surface area (Å²) in [6.07, 6.45) is 0. The SMILES string of the molecule is c1ccc(-c2ccc(-c3cc(-c4cc(-c5ccc6oc7ccccc7c6c5)cc(-c5nc6ccccc6c6c5sc5ccccc56)c4)nc(-c4ccccc4)n3)cc2)cc1. The number of aromatic nitrogens is 3.